The first-order chi connectivity index (χ1) is 30.7. The molecule has 18 heteroatoms. The number of halogens is 1. The van der Waals surface area contributed by atoms with Crippen LogP contribution in [0.15, 0.2) is 122 Å². The van der Waals surface area contributed by atoms with Gasteiger partial charge in [0.05, 0.1) is 0 Å². The van der Waals surface area contributed by atoms with Crippen LogP contribution >= 0.6 is 15.9 Å². The van der Waals surface area contributed by atoms with Crippen LogP contribution < -0.4 is 154 Å². The normalized spacial score (nSPS) is 11.4. The summed E-state index contributed by atoms with van der Waals surface area (Å²) < 4.78 is 19.9. The minimum absolute atomic E-state index is 0. The Balaban J connectivity index is 0.00000104. The molecule has 0 saturated carbocycles. The Morgan fingerprint density at radius 2 is 1.04 bits per heavy atom. The van der Waals surface area contributed by atoms with E-state index in [-0.39, 0.29) is 159 Å². The van der Waals surface area contributed by atoms with Gasteiger partial charge in [0.2, 0.25) is 0 Å². The van der Waals surface area contributed by atoms with E-state index >= 15 is 0 Å². The number of carboxylic acid groups (broad SMARTS) is 1. The molecule has 0 aliphatic carbocycles. The van der Waals surface area contributed by atoms with E-state index in [4.69, 9.17) is 24.3 Å². The van der Waals surface area contributed by atoms with E-state index < -0.39 is 47.4 Å². The Hall–Kier alpha value is -2.55. The number of esters is 1. The number of benzene rings is 4. The number of carboxylic acids is 1. The summed E-state index contributed by atoms with van der Waals surface area (Å²) >= 11 is 3.36. The van der Waals surface area contributed by atoms with Gasteiger partial charge >= 0.3 is 162 Å². The van der Waals surface area contributed by atoms with E-state index in [1.54, 1.807) is 41.5 Å². The average molecular weight is 1230 g/mol. The molecular weight excluding hydrogens is 1170 g/mol. The first kappa shape index (κ1) is 62.5. The Morgan fingerprint density at radius 1 is 0.672 bits per heavy atom. The maximum atomic E-state index is 12.9. The van der Waals surface area contributed by atoms with Crippen LogP contribution in [0.2, 0.25) is 0 Å². The monoisotopic (exact) mass is 1220 g/mol. The molecule has 0 fully saturated rings. The zero-order chi connectivity index (χ0) is 48.2. The smallest absolute Gasteiger partial charge is 1.00 e. The van der Waals surface area contributed by atoms with Crippen molar-refractivity contribution in [3.8, 4) is 0 Å². The maximum absolute atomic E-state index is 12.9. The minimum atomic E-state index is -1.09. The van der Waals surface area contributed by atoms with Gasteiger partial charge in [0.15, 0.2) is 0 Å². The number of nitrogens with one attached hydrogen (secondary N) is 2. The van der Waals surface area contributed by atoms with Gasteiger partial charge < -0.3 is 50.7 Å². The summed E-state index contributed by atoms with van der Waals surface area (Å²) in [6, 6.07) is 33.5. The molecule has 6 aromatic rings. The van der Waals surface area contributed by atoms with E-state index in [1.807, 2.05) is 133 Å². The van der Waals surface area contributed by atoms with Crippen molar-refractivity contribution in [3.63, 3.8) is 0 Å². The molecule has 2 aromatic heterocycles. The average Bonchev–Trinajstić information content (AvgIpc) is 3.76. The third-order valence-electron chi connectivity index (χ3n) is 9.03. The molecule has 4 aromatic carbocycles. The summed E-state index contributed by atoms with van der Waals surface area (Å²) in [5, 5.41) is 25.9. The van der Waals surface area contributed by atoms with Crippen LogP contribution in [0.1, 0.15) is 65.2 Å². The second kappa shape index (κ2) is 31.6. The molecule has 0 aliphatic rings. The number of hydrogen-bond acceptors (Lipinski definition) is 10. The van der Waals surface area contributed by atoms with E-state index in [9.17, 15) is 24.3 Å². The van der Waals surface area contributed by atoms with E-state index in [1.165, 1.54) is 5.56 Å². The summed E-state index contributed by atoms with van der Waals surface area (Å²) in [7, 11) is 3.86. The number of para-hydroxylation sites is 2. The molecule has 0 saturated heterocycles. The molecule has 2 amide bonds. The first-order valence-corrected chi connectivity index (χ1v) is 21.7. The van der Waals surface area contributed by atoms with Crippen LogP contribution in [0.4, 0.5) is 9.59 Å². The van der Waals surface area contributed by atoms with E-state index in [0.29, 0.717) is 6.42 Å². The third-order valence-corrected chi connectivity index (χ3v) is 9.68. The molecule has 15 nitrogen and oxygen atoms in total. The van der Waals surface area contributed by atoms with Gasteiger partial charge in [-0.15, -0.1) is 0 Å². The third kappa shape index (κ3) is 23.3. The summed E-state index contributed by atoms with van der Waals surface area (Å²) in [6.07, 6.45) is 2.97. The van der Waals surface area contributed by atoms with Crippen molar-refractivity contribution < 1.29 is 193 Å². The number of fused-ring (bicyclic) bond motifs is 2. The van der Waals surface area contributed by atoms with Crippen LogP contribution in [0.3, 0.4) is 0 Å². The number of aromatic nitrogens is 2. The number of rotatable bonds is 12. The van der Waals surface area contributed by atoms with Crippen LogP contribution in [0.25, 0.3) is 21.8 Å². The number of carbonyl (C=O) groups excluding carboxylic acids is 4. The fourth-order valence-electron chi connectivity index (χ4n) is 6.31. The maximum Gasteiger partial charge on any atom is 1.00 e. The largest absolute Gasteiger partial charge is 1.00 e. The Labute approximate surface area is 519 Å². The Bertz CT molecular complexity index is 2460. The molecule has 2 atom stereocenters. The summed E-state index contributed by atoms with van der Waals surface area (Å²) in [5.41, 5.74) is 4.76. The summed E-state index contributed by atoms with van der Waals surface area (Å²) in [5.74, 6) is -1.60. The summed E-state index contributed by atoms with van der Waals surface area (Å²) in [6.45, 7) is 10.5. The standard InChI is InChI=1S/C24H28N2O4.C17H22N2O4.C7H7Br.CH2O3.2Cs.H/c1-24(2,3)30-23(28)25-20(22(27)29-16-17-10-6-5-7-11-17)14-18-15-26(4)21-13-9-8-12-19(18)21;1-17(2,3)23-16(22)18-13(15(20)21)9-11-10-19(4)14-8-6-5-7-12(11)14;8-6-7-4-2-1-3-5-7;2-1-4-3;;;/h5-13,15,20H,14,16H2,1-4H3,(H,25,28);5-8,10,13H,9H2,1-4H3,(H,18,22)(H,20,21);1-5H,6H2;1,3H;;;/q;;;;2*+1;-1/p-1/t20-;13-;;;;;/m11...../s1. The van der Waals surface area contributed by atoms with Gasteiger partial charge in [-0.25, -0.2) is 19.2 Å². The van der Waals surface area contributed by atoms with Gasteiger partial charge in [-0.05, 0) is 75.9 Å². The predicted octanol–water partition coefficient (Wildman–Crippen LogP) is 2.19. The van der Waals surface area contributed by atoms with Crippen LogP contribution in [-0.4, -0.2) is 68.1 Å². The van der Waals surface area contributed by atoms with Crippen LogP contribution in [0.5, 0.6) is 0 Å². The van der Waals surface area contributed by atoms with Crippen molar-refractivity contribution in [2.75, 3.05) is 0 Å². The second-order valence-electron chi connectivity index (χ2n) is 16.6. The fourth-order valence-corrected chi connectivity index (χ4v) is 6.68. The van der Waals surface area contributed by atoms with Crippen molar-refractivity contribution in [2.24, 2.45) is 14.1 Å². The molecule has 350 valence electrons. The number of hydrogen-bond donors (Lipinski definition) is 3. The first-order valence-electron chi connectivity index (χ1n) is 20.6. The number of carbonyl (C=O) groups is 5. The van der Waals surface area contributed by atoms with Crippen molar-refractivity contribution in [1.29, 1.82) is 0 Å². The van der Waals surface area contributed by atoms with Gasteiger partial charge in [0.1, 0.15) is 29.9 Å². The van der Waals surface area contributed by atoms with Crippen LogP contribution in [0, 0.1) is 0 Å². The molecule has 0 spiro atoms. The van der Waals surface area contributed by atoms with Gasteiger partial charge in [0.25, 0.3) is 6.47 Å². The molecule has 0 unspecified atom stereocenters. The quantitative estimate of drug-likeness (QED) is 0.0406. The van der Waals surface area contributed by atoms with Crippen LogP contribution in [-0.2, 0) is 72.4 Å². The zero-order valence-electron chi connectivity index (χ0n) is 40.9. The SMILES string of the molecule is BrCc1ccccc1.Cn1cc(C[C@@H](NC(=O)OC(C)(C)C)C(=O)O)c2ccccc21.Cn1cc(C[C@@H](NC(=O)OC(C)(C)C)C(=O)OCc2ccccc2)c2ccccc21.O=CO[O-].[Cs+].[Cs+].[H-]. The summed E-state index contributed by atoms with van der Waals surface area (Å²) in [4.78, 5) is 59.8. The number of aryl methyl sites for hydroxylation is 2. The molecule has 2 heterocycles. The topological polar surface area (TPSA) is 199 Å². The number of aliphatic carboxylic acids is 1. The van der Waals surface area contributed by atoms with Gasteiger partial charge in [-0.2, -0.15) is 0 Å². The van der Waals surface area contributed by atoms with E-state index in [2.05, 4.69) is 43.6 Å². The molecule has 3 N–H and O–H groups in total. The number of nitrogens with zero attached hydrogens (tertiary/aromatic N) is 2. The van der Waals surface area contributed by atoms with Gasteiger partial charge in [0, 0.05) is 66.5 Å². The van der Waals surface area contributed by atoms with Gasteiger partial charge in [-0.1, -0.05) is 113 Å². The van der Waals surface area contributed by atoms with Crippen molar-refractivity contribution in [1.82, 2.24) is 19.8 Å². The predicted molar refractivity (Wildman–Crippen MR) is 251 cm³/mol. The number of amides is 2. The molecule has 0 aliphatic heterocycles. The molecule has 0 bridgehead atoms. The number of alkyl halides is 1. The molecule has 0 radical (unpaired) electrons. The van der Waals surface area contributed by atoms with Gasteiger partial charge in [-0.3, -0.25) is 4.79 Å². The fraction of sp³-hybridized carbons (Fsp3) is 0.327. The second-order valence-corrected chi connectivity index (χ2v) is 17.2. The van der Waals surface area contributed by atoms with E-state index in [0.717, 1.165) is 43.8 Å². The zero-order valence-corrected chi connectivity index (χ0v) is 54.1. The van der Waals surface area contributed by atoms with Crippen molar-refractivity contribution >= 4 is 68.3 Å². The van der Waals surface area contributed by atoms with Crippen molar-refractivity contribution in [2.45, 2.75) is 89.6 Å². The Kier molecular flexibility index (Phi) is 29.5. The Morgan fingerprint density at radius 3 is 1.42 bits per heavy atom. The number of alkyl carbamates (subject to hydrolysis) is 2. The number of ether oxygens (including phenoxy) is 3. The minimum Gasteiger partial charge on any atom is -1.00 e. The molecule has 6 rings (SSSR count). The molecule has 67 heavy (non-hydrogen) atoms. The molecular formula is C49H59BrCs2N4O11. The van der Waals surface area contributed by atoms with Crippen molar-refractivity contribution in [3.05, 3.63) is 144 Å².